The van der Waals surface area contributed by atoms with Gasteiger partial charge in [-0.3, -0.25) is 14.4 Å². The number of pyridine rings is 1. The van der Waals surface area contributed by atoms with E-state index >= 15 is 0 Å². The van der Waals surface area contributed by atoms with Crippen molar-refractivity contribution >= 4 is 29.2 Å². The summed E-state index contributed by atoms with van der Waals surface area (Å²) < 4.78 is 10.6. The van der Waals surface area contributed by atoms with Crippen LogP contribution < -0.4 is 19.7 Å². The Morgan fingerprint density at radius 2 is 2.00 bits per heavy atom. The summed E-state index contributed by atoms with van der Waals surface area (Å²) >= 11 is 0. The van der Waals surface area contributed by atoms with Gasteiger partial charge in [0.2, 0.25) is 17.7 Å². The molecule has 0 saturated carbocycles. The summed E-state index contributed by atoms with van der Waals surface area (Å²) in [6, 6.07) is 8.73. The first-order valence-corrected chi connectivity index (χ1v) is 9.82. The van der Waals surface area contributed by atoms with Crippen LogP contribution in [-0.2, 0) is 14.4 Å². The van der Waals surface area contributed by atoms with E-state index in [0.717, 1.165) is 5.56 Å². The molecule has 2 aromatic rings. The van der Waals surface area contributed by atoms with E-state index in [1.165, 1.54) is 24.0 Å². The number of aromatic nitrogens is 1. The Labute approximate surface area is 180 Å². The van der Waals surface area contributed by atoms with Crippen molar-refractivity contribution in [1.82, 2.24) is 9.88 Å². The minimum atomic E-state index is -0.557. The summed E-state index contributed by atoms with van der Waals surface area (Å²) in [5, 5.41) is 2.68. The zero-order chi connectivity index (χ0) is 22.5. The van der Waals surface area contributed by atoms with Gasteiger partial charge in [-0.05, 0) is 36.8 Å². The highest BCUT2D eigenvalue weighted by atomic mass is 16.5. The van der Waals surface area contributed by atoms with Crippen LogP contribution in [0.15, 0.2) is 36.5 Å². The molecule has 1 aromatic carbocycles. The molecule has 1 atom stereocenters. The van der Waals surface area contributed by atoms with Crippen LogP contribution in [-0.4, -0.2) is 62.0 Å². The fourth-order valence-corrected chi connectivity index (χ4v) is 3.51. The normalized spacial score (nSPS) is 15.5. The number of carbonyl (C=O) groups is 3. The Morgan fingerprint density at radius 3 is 2.68 bits per heavy atom. The number of carbonyl (C=O) groups excluding carboxylic acids is 3. The van der Waals surface area contributed by atoms with Gasteiger partial charge in [0.1, 0.15) is 17.3 Å². The molecular formula is C22H26N4O5. The van der Waals surface area contributed by atoms with Gasteiger partial charge in [-0.1, -0.05) is 0 Å². The molecule has 0 bridgehead atoms. The summed E-state index contributed by atoms with van der Waals surface area (Å²) in [6.07, 6.45) is 1.66. The van der Waals surface area contributed by atoms with E-state index in [-0.39, 0.29) is 37.2 Å². The van der Waals surface area contributed by atoms with Crippen LogP contribution in [0, 0.1) is 12.8 Å². The molecule has 1 aromatic heterocycles. The van der Waals surface area contributed by atoms with Gasteiger partial charge in [-0.15, -0.1) is 0 Å². The number of ether oxygens (including phenoxy) is 2. The van der Waals surface area contributed by atoms with E-state index in [4.69, 9.17) is 9.47 Å². The van der Waals surface area contributed by atoms with Crippen molar-refractivity contribution in [2.75, 3.05) is 44.6 Å². The second-order valence-electron chi connectivity index (χ2n) is 7.40. The molecule has 2 heterocycles. The molecule has 1 saturated heterocycles. The van der Waals surface area contributed by atoms with E-state index in [9.17, 15) is 14.4 Å². The Bertz CT molecular complexity index is 994. The topological polar surface area (TPSA) is 101 Å². The van der Waals surface area contributed by atoms with Gasteiger partial charge < -0.3 is 24.6 Å². The number of likely N-dealkylation sites (N-methyl/N-ethyl adjacent to an activating group) is 1. The van der Waals surface area contributed by atoms with Crippen molar-refractivity contribution in [2.45, 2.75) is 13.3 Å². The lowest BCUT2D eigenvalue weighted by atomic mass is 10.1. The molecule has 3 amide bonds. The fourth-order valence-electron chi connectivity index (χ4n) is 3.51. The van der Waals surface area contributed by atoms with Crippen LogP contribution in [0.4, 0.5) is 11.5 Å². The van der Waals surface area contributed by atoms with Gasteiger partial charge >= 0.3 is 0 Å². The highest BCUT2D eigenvalue weighted by molar-refractivity contribution is 6.02. The minimum Gasteiger partial charge on any atom is -0.497 e. The second kappa shape index (κ2) is 9.46. The van der Waals surface area contributed by atoms with Gasteiger partial charge in [0.05, 0.1) is 32.4 Å². The molecule has 0 aliphatic carbocycles. The molecule has 0 spiro atoms. The van der Waals surface area contributed by atoms with Crippen LogP contribution in [0.3, 0.4) is 0 Å². The fraction of sp³-hybridized carbons (Fsp3) is 0.364. The average molecular weight is 426 g/mol. The van der Waals surface area contributed by atoms with Gasteiger partial charge in [0.25, 0.3) is 0 Å². The Morgan fingerprint density at radius 1 is 1.23 bits per heavy atom. The number of benzene rings is 1. The Hall–Kier alpha value is -3.62. The third-order valence-corrected chi connectivity index (χ3v) is 5.09. The number of nitrogens with one attached hydrogen (secondary N) is 1. The summed E-state index contributed by atoms with van der Waals surface area (Å²) in [4.78, 5) is 44.8. The molecule has 1 N–H and O–H groups in total. The number of hydrogen-bond acceptors (Lipinski definition) is 6. The maximum atomic E-state index is 12.9. The first-order chi connectivity index (χ1) is 14.8. The molecule has 9 heteroatoms. The zero-order valence-corrected chi connectivity index (χ0v) is 18.0. The molecule has 1 aliphatic rings. The number of rotatable bonds is 7. The first-order valence-electron chi connectivity index (χ1n) is 9.82. The molecule has 0 radical (unpaired) electrons. The van der Waals surface area contributed by atoms with Gasteiger partial charge in [0, 0.05) is 32.3 Å². The number of hydrogen-bond donors (Lipinski definition) is 1. The highest BCUT2D eigenvalue weighted by Crippen LogP contribution is 2.36. The van der Waals surface area contributed by atoms with Crippen LogP contribution in [0.2, 0.25) is 0 Å². The number of methoxy groups -OCH3 is 2. The monoisotopic (exact) mass is 426 g/mol. The van der Waals surface area contributed by atoms with Crippen LogP contribution in [0.5, 0.6) is 11.5 Å². The second-order valence-corrected chi connectivity index (χ2v) is 7.40. The van der Waals surface area contributed by atoms with Crippen LogP contribution in [0.1, 0.15) is 12.0 Å². The molecule has 31 heavy (non-hydrogen) atoms. The molecule has 1 fully saturated rings. The number of nitrogens with zero attached hydrogens (tertiary/aromatic N) is 3. The molecule has 164 valence electrons. The van der Waals surface area contributed by atoms with Gasteiger partial charge in [-0.25, -0.2) is 4.98 Å². The van der Waals surface area contributed by atoms with E-state index in [2.05, 4.69) is 10.3 Å². The summed E-state index contributed by atoms with van der Waals surface area (Å²) in [7, 11) is 4.60. The van der Waals surface area contributed by atoms with Crippen LogP contribution in [0.25, 0.3) is 0 Å². The van der Waals surface area contributed by atoms with Crippen molar-refractivity contribution in [3.8, 4) is 11.5 Å². The third-order valence-electron chi connectivity index (χ3n) is 5.09. The summed E-state index contributed by atoms with van der Waals surface area (Å²) in [6.45, 7) is 1.96. The van der Waals surface area contributed by atoms with E-state index in [1.807, 2.05) is 13.0 Å². The van der Waals surface area contributed by atoms with Crippen molar-refractivity contribution < 1.29 is 23.9 Å². The lowest BCUT2D eigenvalue weighted by molar-refractivity contribution is -0.137. The first kappa shape index (κ1) is 22.1. The predicted octanol–water partition coefficient (Wildman–Crippen LogP) is 1.86. The maximum absolute atomic E-state index is 12.9. The zero-order valence-electron chi connectivity index (χ0n) is 18.0. The van der Waals surface area contributed by atoms with E-state index < -0.39 is 5.92 Å². The van der Waals surface area contributed by atoms with Crippen molar-refractivity contribution in [3.63, 3.8) is 0 Å². The largest absolute Gasteiger partial charge is 0.497 e. The lowest BCUT2D eigenvalue weighted by Crippen LogP contribution is -2.39. The standard InChI is InChI=1S/C22H26N4O5/c1-14-7-8-23-19(9-14)24-20(27)13-25(2)22(29)15-10-21(28)26(12-15)17-11-16(30-3)5-6-18(17)31-4/h5-9,11,15H,10,12-13H2,1-4H3,(H,23,24,27). The average Bonchev–Trinajstić information content (AvgIpc) is 3.13. The highest BCUT2D eigenvalue weighted by Gasteiger charge is 2.38. The molecule has 3 rings (SSSR count). The minimum absolute atomic E-state index is 0.0601. The number of aryl methyl sites for hydroxylation is 1. The Kier molecular flexibility index (Phi) is 6.74. The van der Waals surface area contributed by atoms with Crippen molar-refractivity contribution in [3.05, 3.63) is 42.1 Å². The molecule has 1 unspecified atom stereocenters. The molecular weight excluding hydrogens is 400 g/mol. The van der Waals surface area contributed by atoms with E-state index in [1.54, 1.807) is 37.5 Å². The lowest BCUT2D eigenvalue weighted by Gasteiger charge is -2.22. The number of amides is 3. The number of anilines is 2. The predicted molar refractivity (Wildman–Crippen MR) is 115 cm³/mol. The molecule has 1 aliphatic heterocycles. The van der Waals surface area contributed by atoms with Crippen molar-refractivity contribution in [2.24, 2.45) is 5.92 Å². The van der Waals surface area contributed by atoms with Gasteiger partial charge in [-0.2, -0.15) is 0 Å². The van der Waals surface area contributed by atoms with Crippen LogP contribution >= 0.6 is 0 Å². The van der Waals surface area contributed by atoms with E-state index in [0.29, 0.717) is 23.0 Å². The summed E-state index contributed by atoms with van der Waals surface area (Å²) in [5.74, 6) is 0.149. The van der Waals surface area contributed by atoms with Gasteiger partial charge in [0.15, 0.2) is 0 Å². The Balaban J connectivity index is 1.65. The SMILES string of the molecule is COc1ccc(OC)c(N2CC(C(=O)N(C)CC(=O)Nc3cc(C)ccn3)CC2=O)c1. The molecule has 9 nitrogen and oxygen atoms in total. The summed E-state index contributed by atoms with van der Waals surface area (Å²) in [5.41, 5.74) is 1.51. The smallest absolute Gasteiger partial charge is 0.245 e. The van der Waals surface area contributed by atoms with Crippen molar-refractivity contribution in [1.29, 1.82) is 0 Å². The quantitative estimate of drug-likeness (QED) is 0.725. The third kappa shape index (κ3) is 5.11. The maximum Gasteiger partial charge on any atom is 0.245 e.